The second-order valence-corrected chi connectivity index (χ2v) is 4.10. The lowest BCUT2D eigenvalue weighted by Crippen LogP contribution is -2.51. The number of likely N-dealkylation sites (N-methyl/N-ethyl adjacent to an activating group) is 3. The van der Waals surface area contributed by atoms with Crippen LogP contribution in [0.15, 0.2) is 0 Å². The van der Waals surface area contributed by atoms with Gasteiger partial charge >= 0.3 is 6.03 Å². The van der Waals surface area contributed by atoms with E-state index in [0.29, 0.717) is 6.67 Å². The lowest BCUT2D eigenvalue weighted by molar-refractivity contribution is -0.131. The van der Waals surface area contributed by atoms with Crippen molar-refractivity contribution in [3.05, 3.63) is 0 Å². The highest BCUT2D eigenvalue weighted by Gasteiger charge is 2.39. The van der Waals surface area contributed by atoms with Gasteiger partial charge in [0.15, 0.2) is 6.17 Å². The zero-order chi connectivity index (χ0) is 11.7. The monoisotopic (exact) mass is 214 g/mol. The smallest absolute Gasteiger partial charge is 0.320 e. The molecule has 86 valence electrons. The molecule has 0 saturated carbocycles. The predicted octanol–water partition coefficient (Wildman–Crippen LogP) is -0.713. The summed E-state index contributed by atoms with van der Waals surface area (Å²) >= 11 is 0. The fourth-order valence-electron chi connectivity index (χ4n) is 1.75. The Hall–Kier alpha value is -1.30. The number of rotatable bonds is 1. The molecule has 3 amide bonds. The first kappa shape index (κ1) is 11.8. The highest BCUT2D eigenvalue weighted by Crippen LogP contribution is 2.14. The van der Waals surface area contributed by atoms with Crippen molar-refractivity contribution < 1.29 is 9.59 Å². The average Bonchev–Trinajstić information content (AvgIpc) is 2.39. The first-order valence-electron chi connectivity index (χ1n) is 4.75. The van der Waals surface area contributed by atoms with E-state index in [0.717, 1.165) is 0 Å². The van der Waals surface area contributed by atoms with E-state index < -0.39 is 6.17 Å². The molecule has 0 aromatic carbocycles. The molecule has 6 heteroatoms. The number of carbonyl (C=O) groups is 2. The SMILES string of the molecule is CN(C)C(=O)N(C)C1C(=O)N(C)CN1C. The third-order valence-electron chi connectivity index (χ3n) is 2.50. The Balaban J connectivity index is 2.79. The lowest BCUT2D eigenvalue weighted by Gasteiger charge is -2.29. The standard InChI is InChI=1S/C9H18N4O2/c1-10(2)9(15)13(5)7-8(14)12(4)6-11(7)3/h7H,6H2,1-5H3. The molecule has 1 heterocycles. The molecule has 0 spiro atoms. The van der Waals surface area contributed by atoms with E-state index >= 15 is 0 Å². The first-order valence-corrected chi connectivity index (χ1v) is 4.75. The first-order chi connectivity index (χ1) is 6.86. The van der Waals surface area contributed by atoms with Crippen molar-refractivity contribution in [1.82, 2.24) is 19.6 Å². The van der Waals surface area contributed by atoms with E-state index in [1.807, 2.05) is 11.9 Å². The molecule has 0 N–H and O–H groups in total. The van der Waals surface area contributed by atoms with Crippen molar-refractivity contribution in [3.8, 4) is 0 Å². The summed E-state index contributed by atoms with van der Waals surface area (Å²) in [5.74, 6) is -0.0461. The van der Waals surface area contributed by atoms with Gasteiger partial charge in [0.2, 0.25) is 0 Å². The molecule has 1 unspecified atom stereocenters. The Morgan fingerprint density at radius 3 is 2.20 bits per heavy atom. The van der Waals surface area contributed by atoms with Gasteiger partial charge < -0.3 is 14.7 Å². The Bertz CT molecular complexity index is 279. The van der Waals surface area contributed by atoms with Crippen molar-refractivity contribution in [2.75, 3.05) is 41.9 Å². The molecule has 0 radical (unpaired) electrons. The van der Waals surface area contributed by atoms with E-state index in [9.17, 15) is 9.59 Å². The maximum atomic E-state index is 11.8. The Labute approximate surface area is 90.0 Å². The Morgan fingerprint density at radius 1 is 1.33 bits per heavy atom. The van der Waals surface area contributed by atoms with Crippen LogP contribution in [0.4, 0.5) is 4.79 Å². The number of carbonyl (C=O) groups excluding carboxylic acids is 2. The third kappa shape index (κ3) is 2.04. The van der Waals surface area contributed by atoms with Gasteiger partial charge in [0.1, 0.15) is 0 Å². The number of urea groups is 1. The predicted molar refractivity (Wildman–Crippen MR) is 56.0 cm³/mol. The summed E-state index contributed by atoms with van der Waals surface area (Å²) < 4.78 is 0. The maximum Gasteiger partial charge on any atom is 0.320 e. The van der Waals surface area contributed by atoms with Crippen LogP contribution in [-0.2, 0) is 4.79 Å². The number of nitrogens with zero attached hydrogens (tertiary/aromatic N) is 4. The highest BCUT2D eigenvalue weighted by molar-refractivity contribution is 5.87. The normalized spacial score (nSPS) is 22.1. The number of hydrogen-bond acceptors (Lipinski definition) is 3. The van der Waals surface area contributed by atoms with Crippen LogP contribution in [0.3, 0.4) is 0 Å². The zero-order valence-corrected chi connectivity index (χ0v) is 9.89. The summed E-state index contributed by atoms with van der Waals surface area (Å²) in [6.07, 6.45) is -0.482. The maximum absolute atomic E-state index is 11.8. The van der Waals surface area contributed by atoms with E-state index in [1.54, 1.807) is 33.1 Å². The van der Waals surface area contributed by atoms with Crippen molar-refractivity contribution >= 4 is 11.9 Å². The van der Waals surface area contributed by atoms with Crippen LogP contribution < -0.4 is 0 Å². The van der Waals surface area contributed by atoms with Crippen molar-refractivity contribution in [1.29, 1.82) is 0 Å². The summed E-state index contributed by atoms with van der Waals surface area (Å²) in [5.41, 5.74) is 0. The van der Waals surface area contributed by atoms with E-state index in [4.69, 9.17) is 0 Å². The minimum Gasteiger partial charge on any atom is -0.331 e. The fourth-order valence-corrected chi connectivity index (χ4v) is 1.75. The summed E-state index contributed by atoms with van der Waals surface area (Å²) in [7, 11) is 8.53. The van der Waals surface area contributed by atoms with Crippen LogP contribution in [0.2, 0.25) is 0 Å². The Morgan fingerprint density at radius 2 is 1.87 bits per heavy atom. The summed E-state index contributed by atoms with van der Waals surface area (Å²) in [6.45, 7) is 0.550. The van der Waals surface area contributed by atoms with Gasteiger partial charge in [0.25, 0.3) is 5.91 Å². The van der Waals surface area contributed by atoms with Gasteiger partial charge in [-0.2, -0.15) is 0 Å². The van der Waals surface area contributed by atoms with Gasteiger partial charge in [-0.05, 0) is 7.05 Å². The molecule has 0 bridgehead atoms. The topological polar surface area (TPSA) is 47.1 Å². The molecule has 1 fully saturated rings. The average molecular weight is 214 g/mol. The van der Waals surface area contributed by atoms with Gasteiger partial charge in [0.05, 0.1) is 6.67 Å². The molecule has 1 aliphatic heterocycles. The molecule has 1 saturated heterocycles. The lowest BCUT2D eigenvalue weighted by atomic mass is 10.4. The molecular formula is C9H18N4O2. The fraction of sp³-hybridized carbons (Fsp3) is 0.778. The Kier molecular flexibility index (Phi) is 3.18. The van der Waals surface area contributed by atoms with Crippen molar-refractivity contribution in [2.24, 2.45) is 0 Å². The molecule has 1 atom stereocenters. The van der Waals surface area contributed by atoms with E-state index in [1.165, 1.54) is 9.80 Å². The quantitative estimate of drug-likeness (QED) is 0.579. The largest absolute Gasteiger partial charge is 0.331 e. The van der Waals surface area contributed by atoms with Crippen LogP contribution in [0.25, 0.3) is 0 Å². The highest BCUT2D eigenvalue weighted by atomic mass is 16.2. The van der Waals surface area contributed by atoms with Crippen LogP contribution in [-0.4, -0.2) is 79.6 Å². The minimum absolute atomic E-state index is 0.0461. The summed E-state index contributed by atoms with van der Waals surface area (Å²) in [4.78, 5) is 29.8. The van der Waals surface area contributed by atoms with Gasteiger partial charge in [-0.25, -0.2) is 4.79 Å². The molecule has 0 aromatic rings. The van der Waals surface area contributed by atoms with Gasteiger partial charge in [-0.15, -0.1) is 0 Å². The van der Waals surface area contributed by atoms with Crippen molar-refractivity contribution in [2.45, 2.75) is 6.17 Å². The number of hydrogen-bond donors (Lipinski definition) is 0. The molecule has 1 rings (SSSR count). The van der Waals surface area contributed by atoms with Crippen molar-refractivity contribution in [3.63, 3.8) is 0 Å². The summed E-state index contributed by atoms with van der Waals surface area (Å²) in [5, 5.41) is 0. The minimum atomic E-state index is -0.482. The van der Waals surface area contributed by atoms with Crippen LogP contribution in [0, 0.1) is 0 Å². The summed E-state index contributed by atoms with van der Waals surface area (Å²) in [6, 6.07) is -0.171. The molecule has 0 aromatic heterocycles. The molecule has 0 aliphatic carbocycles. The zero-order valence-electron chi connectivity index (χ0n) is 9.89. The molecule has 15 heavy (non-hydrogen) atoms. The van der Waals surface area contributed by atoms with E-state index in [2.05, 4.69) is 0 Å². The van der Waals surface area contributed by atoms with Crippen LogP contribution in [0.5, 0.6) is 0 Å². The number of amides is 3. The molecule has 1 aliphatic rings. The van der Waals surface area contributed by atoms with E-state index in [-0.39, 0.29) is 11.9 Å². The van der Waals surface area contributed by atoms with Crippen LogP contribution >= 0.6 is 0 Å². The second kappa shape index (κ2) is 4.06. The second-order valence-electron chi connectivity index (χ2n) is 4.10. The van der Waals surface area contributed by atoms with Gasteiger partial charge in [0, 0.05) is 28.2 Å². The van der Waals surface area contributed by atoms with Gasteiger partial charge in [-0.1, -0.05) is 0 Å². The molecular weight excluding hydrogens is 196 g/mol. The molecule has 6 nitrogen and oxygen atoms in total. The third-order valence-corrected chi connectivity index (χ3v) is 2.50. The van der Waals surface area contributed by atoms with Gasteiger partial charge in [-0.3, -0.25) is 9.69 Å². The van der Waals surface area contributed by atoms with Crippen LogP contribution in [0.1, 0.15) is 0 Å².